The summed E-state index contributed by atoms with van der Waals surface area (Å²) in [7, 11) is 0. The molecule has 2 rings (SSSR count). The molecule has 0 aliphatic carbocycles. The van der Waals surface area contributed by atoms with Crippen LogP contribution in [0.3, 0.4) is 0 Å². The fourth-order valence-corrected chi connectivity index (χ4v) is 2.58. The lowest BCUT2D eigenvalue weighted by molar-refractivity contribution is 1.09. The maximum absolute atomic E-state index is 5.83. The number of hydrogen-bond donors (Lipinski definition) is 1. The van der Waals surface area contributed by atoms with E-state index in [4.69, 9.17) is 23.2 Å². The van der Waals surface area contributed by atoms with Crippen LogP contribution in [0.5, 0.6) is 0 Å². The first kappa shape index (κ1) is 12.1. The summed E-state index contributed by atoms with van der Waals surface area (Å²) in [5.41, 5.74) is 0. The number of nitrogens with one attached hydrogen (secondary N) is 1. The zero-order valence-electron chi connectivity index (χ0n) is 7.88. The summed E-state index contributed by atoms with van der Waals surface area (Å²) in [6, 6.07) is 3.84. The first-order valence-corrected chi connectivity index (χ1v) is 6.68. The molecule has 0 saturated heterocycles. The second-order valence-electron chi connectivity index (χ2n) is 2.89. The molecule has 0 aromatic carbocycles. The standard InChI is InChI=1S/C9H6BrCl2N3S/c10-6-4-14-9(12)15-8(6)13-3-5-1-2-7(11)16-5/h1-2,4H,3H2,(H,13,14,15). The van der Waals surface area contributed by atoms with Gasteiger partial charge < -0.3 is 5.32 Å². The monoisotopic (exact) mass is 337 g/mol. The molecule has 0 radical (unpaired) electrons. The molecule has 3 nitrogen and oxygen atoms in total. The van der Waals surface area contributed by atoms with Crippen LogP contribution in [0, 0.1) is 0 Å². The van der Waals surface area contributed by atoms with E-state index in [9.17, 15) is 0 Å². The Morgan fingerprint density at radius 1 is 1.38 bits per heavy atom. The topological polar surface area (TPSA) is 37.8 Å². The number of halogens is 3. The number of anilines is 1. The molecule has 0 spiro atoms. The van der Waals surface area contributed by atoms with Crippen LogP contribution in [0.1, 0.15) is 4.88 Å². The molecule has 0 fully saturated rings. The van der Waals surface area contributed by atoms with Crippen molar-refractivity contribution in [2.24, 2.45) is 0 Å². The first-order chi connectivity index (χ1) is 7.65. The summed E-state index contributed by atoms with van der Waals surface area (Å²) in [5.74, 6) is 0.671. The van der Waals surface area contributed by atoms with Crippen molar-refractivity contribution in [2.75, 3.05) is 5.32 Å². The highest BCUT2D eigenvalue weighted by Crippen LogP contribution is 2.24. The largest absolute Gasteiger partial charge is 0.364 e. The molecule has 0 bridgehead atoms. The van der Waals surface area contributed by atoms with E-state index < -0.39 is 0 Å². The van der Waals surface area contributed by atoms with Crippen molar-refractivity contribution in [3.8, 4) is 0 Å². The summed E-state index contributed by atoms with van der Waals surface area (Å²) in [6.07, 6.45) is 1.61. The fourth-order valence-electron chi connectivity index (χ4n) is 1.09. The van der Waals surface area contributed by atoms with Crippen molar-refractivity contribution in [3.05, 3.63) is 37.3 Å². The van der Waals surface area contributed by atoms with Crippen LogP contribution in [-0.4, -0.2) is 9.97 Å². The lowest BCUT2D eigenvalue weighted by Crippen LogP contribution is -2.01. The lowest BCUT2D eigenvalue weighted by atomic mass is 10.4. The Morgan fingerprint density at radius 2 is 2.19 bits per heavy atom. The van der Waals surface area contributed by atoms with Crippen molar-refractivity contribution in [1.29, 1.82) is 0 Å². The van der Waals surface area contributed by atoms with Crippen LogP contribution >= 0.6 is 50.5 Å². The van der Waals surface area contributed by atoms with Gasteiger partial charge in [0.15, 0.2) is 0 Å². The average Bonchev–Trinajstić information content (AvgIpc) is 2.66. The third-order valence-electron chi connectivity index (χ3n) is 1.77. The van der Waals surface area contributed by atoms with Crippen LogP contribution < -0.4 is 5.32 Å². The number of nitrogens with zero attached hydrogens (tertiary/aromatic N) is 2. The van der Waals surface area contributed by atoms with Gasteiger partial charge in [-0.2, -0.15) is 4.98 Å². The molecule has 0 unspecified atom stereocenters. The highest BCUT2D eigenvalue weighted by molar-refractivity contribution is 9.10. The molecule has 16 heavy (non-hydrogen) atoms. The second kappa shape index (κ2) is 5.31. The molecule has 0 amide bonds. The lowest BCUT2D eigenvalue weighted by Gasteiger charge is -2.05. The smallest absolute Gasteiger partial charge is 0.224 e. The zero-order chi connectivity index (χ0) is 11.5. The minimum atomic E-state index is 0.218. The van der Waals surface area contributed by atoms with E-state index in [2.05, 4.69) is 31.2 Å². The van der Waals surface area contributed by atoms with E-state index in [-0.39, 0.29) is 5.28 Å². The first-order valence-electron chi connectivity index (χ1n) is 4.31. The minimum Gasteiger partial charge on any atom is -0.364 e. The van der Waals surface area contributed by atoms with Gasteiger partial charge in [0.05, 0.1) is 15.4 Å². The van der Waals surface area contributed by atoms with Gasteiger partial charge in [-0.3, -0.25) is 0 Å². The molecular formula is C9H6BrCl2N3S. The molecule has 0 aliphatic heterocycles. The highest BCUT2D eigenvalue weighted by atomic mass is 79.9. The zero-order valence-corrected chi connectivity index (χ0v) is 11.8. The molecular weight excluding hydrogens is 333 g/mol. The molecule has 1 N–H and O–H groups in total. The molecule has 0 atom stereocenters. The minimum absolute atomic E-state index is 0.218. The van der Waals surface area contributed by atoms with Crippen molar-refractivity contribution in [1.82, 2.24) is 9.97 Å². The number of hydrogen-bond acceptors (Lipinski definition) is 4. The molecule has 2 heterocycles. The molecule has 84 valence electrons. The summed E-state index contributed by atoms with van der Waals surface area (Å²) >= 11 is 16.4. The van der Waals surface area contributed by atoms with E-state index in [0.29, 0.717) is 12.4 Å². The second-order valence-corrected chi connectivity index (χ2v) is 5.89. The Kier molecular flexibility index (Phi) is 4.02. The van der Waals surface area contributed by atoms with Crippen molar-refractivity contribution in [3.63, 3.8) is 0 Å². The summed E-state index contributed by atoms with van der Waals surface area (Å²) in [4.78, 5) is 9.04. The Morgan fingerprint density at radius 3 is 2.88 bits per heavy atom. The molecule has 2 aromatic rings. The average molecular weight is 339 g/mol. The Balaban J connectivity index is 2.07. The van der Waals surface area contributed by atoms with E-state index >= 15 is 0 Å². The predicted molar refractivity (Wildman–Crippen MR) is 71.4 cm³/mol. The van der Waals surface area contributed by atoms with Gasteiger partial charge in [0.25, 0.3) is 0 Å². The highest BCUT2D eigenvalue weighted by Gasteiger charge is 2.04. The van der Waals surface area contributed by atoms with Gasteiger partial charge in [-0.15, -0.1) is 11.3 Å². The maximum Gasteiger partial charge on any atom is 0.224 e. The van der Waals surface area contributed by atoms with Crippen molar-refractivity contribution >= 4 is 56.3 Å². The van der Waals surface area contributed by atoms with Gasteiger partial charge in [0, 0.05) is 11.1 Å². The van der Waals surface area contributed by atoms with Crippen LogP contribution in [0.4, 0.5) is 5.82 Å². The quantitative estimate of drug-likeness (QED) is 0.851. The summed E-state index contributed by atoms with van der Waals surface area (Å²) in [5, 5.41) is 3.37. The van der Waals surface area contributed by atoms with Crippen LogP contribution in [-0.2, 0) is 6.54 Å². The van der Waals surface area contributed by atoms with E-state index in [1.54, 1.807) is 6.20 Å². The van der Waals surface area contributed by atoms with Gasteiger partial charge in [-0.05, 0) is 39.7 Å². The van der Waals surface area contributed by atoms with Crippen molar-refractivity contribution in [2.45, 2.75) is 6.54 Å². The summed E-state index contributed by atoms with van der Waals surface area (Å²) < 4.78 is 1.55. The van der Waals surface area contributed by atoms with Crippen molar-refractivity contribution < 1.29 is 0 Å². The molecule has 7 heteroatoms. The van der Waals surface area contributed by atoms with Gasteiger partial charge in [0.1, 0.15) is 5.82 Å². The van der Waals surface area contributed by atoms with Crippen LogP contribution in [0.25, 0.3) is 0 Å². The molecule has 0 aliphatic rings. The van der Waals surface area contributed by atoms with E-state index in [0.717, 1.165) is 13.7 Å². The maximum atomic E-state index is 5.83. The molecule has 0 saturated carbocycles. The third kappa shape index (κ3) is 3.07. The summed E-state index contributed by atoms with van der Waals surface area (Å²) in [6.45, 7) is 0.656. The van der Waals surface area contributed by atoms with Crippen LogP contribution in [0.15, 0.2) is 22.8 Å². The normalized spacial score (nSPS) is 10.4. The van der Waals surface area contributed by atoms with Gasteiger partial charge >= 0.3 is 0 Å². The predicted octanol–water partition coefficient (Wildman–Crippen LogP) is 4.22. The van der Waals surface area contributed by atoms with E-state index in [1.807, 2.05) is 12.1 Å². The SMILES string of the molecule is Clc1ncc(Br)c(NCc2ccc(Cl)s2)n1. The van der Waals surface area contributed by atoms with Crippen LogP contribution in [0.2, 0.25) is 9.62 Å². The Bertz CT molecular complexity index is 503. The van der Waals surface area contributed by atoms with E-state index in [1.165, 1.54) is 11.3 Å². The number of aromatic nitrogens is 2. The number of rotatable bonds is 3. The van der Waals surface area contributed by atoms with Gasteiger partial charge in [-0.1, -0.05) is 11.6 Å². The van der Waals surface area contributed by atoms with Gasteiger partial charge in [0.2, 0.25) is 5.28 Å². The molecule has 2 aromatic heterocycles. The van der Waals surface area contributed by atoms with Gasteiger partial charge in [-0.25, -0.2) is 4.98 Å². The Labute approximate surface area is 115 Å². The fraction of sp³-hybridized carbons (Fsp3) is 0.111. The third-order valence-corrected chi connectivity index (χ3v) is 3.77. The Hall–Kier alpha value is -0.360. The number of thiophene rings is 1.